The van der Waals surface area contributed by atoms with Gasteiger partial charge in [-0.1, -0.05) is 26.0 Å². The average molecular weight is 284 g/mol. The number of rotatable bonds is 4. The lowest BCUT2D eigenvalue weighted by Gasteiger charge is -2.17. The standard InChI is InChI=1S/C8H16N2.C5H6OS.C2H6/c1-2-10-8-6-4-3-5-7(8)9;6-4-2-1-3-5-7;1-2/h10H,2-6,9H2,1H3;1-5,7H;1-2H3/b;2-1+,5-3-;. The molecule has 1 aliphatic carbocycles. The molecule has 0 saturated heterocycles. The molecule has 4 heteroatoms. The predicted octanol–water partition coefficient (Wildman–Crippen LogP) is 3.55. The van der Waals surface area contributed by atoms with Crippen molar-refractivity contribution in [3.05, 3.63) is 35.0 Å². The monoisotopic (exact) mass is 284 g/mol. The van der Waals surface area contributed by atoms with Crippen LogP contribution in [0.25, 0.3) is 0 Å². The van der Waals surface area contributed by atoms with Crippen LogP contribution in [0.4, 0.5) is 0 Å². The van der Waals surface area contributed by atoms with Gasteiger partial charge in [0.1, 0.15) is 6.29 Å². The SMILES string of the molecule is CC.CCNC1=C(N)CCCC1.O=C/C=C/C=C\S. The van der Waals surface area contributed by atoms with Crippen molar-refractivity contribution in [1.29, 1.82) is 0 Å². The van der Waals surface area contributed by atoms with Crippen molar-refractivity contribution in [2.24, 2.45) is 5.73 Å². The topological polar surface area (TPSA) is 55.1 Å². The Morgan fingerprint density at radius 2 is 1.84 bits per heavy atom. The Balaban J connectivity index is 0. The van der Waals surface area contributed by atoms with Crippen LogP contribution in [-0.4, -0.2) is 12.8 Å². The van der Waals surface area contributed by atoms with Crippen LogP contribution >= 0.6 is 12.6 Å². The first-order chi connectivity index (χ1) is 9.26. The van der Waals surface area contributed by atoms with E-state index in [1.165, 1.54) is 24.6 Å². The zero-order chi connectivity index (χ0) is 14.9. The van der Waals surface area contributed by atoms with Gasteiger partial charge in [0.25, 0.3) is 0 Å². The molecule has 0 amide bonds. The Kier molecular flexibility index (Phi) is 17.9. The summed E-state index contributed by atoms with van der Waals surface area (Å²) in [7, 11) is 0. The normalized spacial score (nSPS) is 14.5. The minimum atomic E-state index is 0.716. The van der Waals surface area contributed by atoms with Crippen molar-refractivity contribution in [3.8, 4) is 0 Å². The molecule has 0 aromatic heterocycles. The first-order valence-corrected chi connectivity index (χ1v) is 7.40. The third kappa shape index (κ3) is 13.1. The van der Waals surface area contributed by atoms with E-state index in [-0.39, 0.29) is 0 Å². The van der Waals surface area contributed by atoms with Crippen LogP contribution in [0.15, 0.2) is 35.0 Å². The highest BCUT2D eigenvalue weighted by Crippen LogP contribution is 2.18. The van der Waals surface area contributed by atoms with Gasteiger partial charge in [-0.3, -0.25) is 4.79 Å². The highest BCUT2D eigenvalue weighted by molar-refractivity contribution is 7.83. The number of allylic oxidation sites excluding steroid dienone is 5. The molecule has 0 radical (unpaired) electrons. The Morgan fingerprint density at radius 1 is 1.21 bits per heavy atom. The molecular formula is C15H28N2OS. The minimum absolute atomic E-state index is 0.716. The van der Waals surface area contributed by atoms with Crippen LogP contribution in [0.2, 0.25) is 0 Å². The van der Waals surface area contributed by atoms with Gasteiger partial charge in [0.2, 0.25) is 0 Å². The molecule has 0 aromatic rings. The number of nitrogens with one attached hydrogen (secondary N) is 1. The number of thiol groups is 1. The summed E-state index contributed by atoms with van der Waals surface area (Å²) >= 11 is 3.75. The Labute approximate surface area is 123 Å². The Bertz CT molecular complexity index is 297. The molecule has 0 aromatic carbocycles. The maximum Gasteiger partial charge on any atom is 0.142 e. The molecule has 1 aliphatic rings. The van der Waals surface area contributed by atoms with E-state index in [0.29, 0.717) is 6.29 Å². The second-order valence-corrected chi connectivity index (χ2v) is 3.90. The molecule has 0 aliphatic heterocycles. The predicted molar refractivity (Wildman–Crippen MR) is 88.0 cm³/mol. The minimum Gasteiger partial charge on any atom is -0.401 e. The molecule has 0 saturated carbocycles. The van der Waals surface area contributed by atoms with E-state index in [1.807, 2.05) is 13.8 Å². The van der Waals surface area contributed by atoms with E-state index in [1.54, 1.807) is 17.6 Å². The molecule has 0 bridgehead atoms. The number of carbonyl (C=O) groups is 1. The summed E-state index contributed by atoms with van der Waals surface area (Å²) in [6, 6.07) is 0. The van der Waals surface area contributed by atoms with E-state index in [9.17, 15) is 4.79 Å². The van der Waals surface area contributed by atoms with E-state index in [4.69, 9.17) is 5.73 Å². The summed E-state index contributed by atoms with van der Waals surface area (Å²) in [6.45, 7) is 7.10. The zero-order valence-corrected chi connectivity index (χ0v) is 13.2. The van der Waals surface area contributed by atoms with Crippen LogP contribution in [0.3, 0.4) is 0 Å². The number of aldehydes is 1. The summed E-state index contributed by atoms with van der Waals surface area (Å²) in [4.78, 5) is 9.53. The fraction of sp³-hybridized carbons (Fsp3) is 0.533. The second kappa shape index (κ2) is 16.8. The molecule has 3 nitrogen and oxygen atoms in total. The van der Waals surface area contributed by atoms with Gasteiger partial charge in [0, 0.05) is 17.9 Å². The maximum absolute atomic E-state index is 9.53. The fourth-order valence-electron chi connectivity index (χ4n) is 1.50. The number of hydrogen-bond acceptors (Lipinski definition) is 4. The average Bonchev–Trinajstić information content (AvgIpc) is 2.45. The summed E-state index contributed by atoms with van der Waals surface area (Å²) in [5, 5.41) is 4.84. The first kappa shape index (κ1) is 20.2. The summed E-state index contributed by atoms with van der Waals surface area (Å²) in [5.74, 6) is 0. The van der Waals surface area contributed by atoms with Gasteiger partial charge in [0.15, 0.2) is 0 Å². The second-order valence-electron chi connectivity index (χ2n) is 3.60. The van der Waals surface area contributed by atoms with Crippen LogP contribution in [0.1, 0.15) is 46.5 Å². The summed E-state index contributed by atoms with van der Waals surface area (Å²) in [5.41, 5.74) is 8.14. The lowest BCUT2D eigenvalue weighted by atomic mass is 10.0. The maximum atomic E-state index is 9.53. The summed E-state index contributed by atoms with van der Waals surface area (Å²) in [6.07, 6.45) is 10.2. The van der Waals surface area contributed by atoms with E-state index >= 15 is 0 Å². The van der Waals surface area contributed by atoms with Crippen LogP contribution in [0, 0.1) is 0 Å². The van der Waals surface area contributed by atoms with E-state index in [0.717, 1.165) is 25.1 Å². The van der Waals surface area contributed by atoms with Crippen molar-refractivity contribution in [2.45, 2.75) is 46.5 Å². The van der Waals surface area contributed by atoms with Gasteiger partial charge in [-0.25, -0.2) is 0 Å². The highest BCUT2D eigenvalue weighted by atomic mass is 32.1. The summed E-state index contributed by atoms with van der Waals surface area (Å²) < 4.78 is 0. The lowest BCUT2D eigenvalue weighted by Crippen LogP contribution is -2.20. The molecular weight excluding hydrogens is 256 g/mol. The molecule has 0 spiro atoms. The van der Waals surface area contributed by atoms with Crippen LogP contribution < -0.4 is 11.1 Å². The quantitative estimate of drug-likeness (QED) is 0.320. The molecule has 3 N–H and O–H groups in total. The number of nitrogens with two attached hydrogens (primary N) is 1. The Hall–Kier alpha value is -1.16. The van der Waals surface area contributed by atoms with E-state index in [2.05, 4.69) is 24.9 Å². The number of carbonyl (C=O) groups excluding carboxylic acids is 1. The molecule has 110 valence electrons. The molecule has 0 atom stereocenters. The smallest absolute Gasteiger partial charge is 0.142 e. The lowest BCUT2D eigenvalue weighted by molar-refractivity contribution is -0.104. The van der Waals surface area contributed by atoms with Gasteiger partial charge in [-0.15, -0.1) is 0 Å². The van der Waals surface area contributed by atoms with Crippen molar-refractivity contribution >= 4 is 18.9 Å². The van der Waals surface area contributed by atoms with Crippen LogP contribution in [0.5, 0.6) is 0 Å². The Morgan fingerprint density at radius 3 is 2.32 bits per heavy atom. The molecule has 1 rings (SSSR count). The van der Waals surface area contributed by atoms with Gasteiger partial charge in [-0.2, -0.15) is 12.6 Å². The molecule has 0 fully saturated rings. The molecule has 0 unspecified atom stereocenters. The third-order valence-corrected chi connectivity index (χ3v) is 2.46. The van der Waals surface area contributed by atoms with Gasteiger partial charge in [-0.05, 0) is 44.1 Å². The van der Waals surface area contributed by atoms with Gasteiger partial charge >= 0.3 is 0 Å². The van der Waals surface area contributed by atoms with Crippen molar-refractivity contribution in [2.75, 3.05) is 6.54 Å². The number of hydrogen-bond donors (Lipinski definition) is 3. The zero-order valence-electron chi connectivity index (χ0n) is 12.4. The van der Waals surface area contributed by atoms with E-state index < -0.39 is 0 Å². The largest absolute Gasteiger partial charge is 0.401 e. The van der Waals surface area contributed by atoms with Crippen molar-refractivity contribution in [3.63, 3.8) is 0 Å². The molecule has 19 heavy (non-hydrogen) atoms. The van der Waals surface area contributed by atoms with Crippen molar-refractivity contribution in [1.82, 2.24) is 5.32 Å². The van der Waals surface area contributed by atoms with Crippen LogP contribution in [-0.2, 0) is 4.79 Å². The third-order valence-electron chi connectivity index (χ3n) is 2.29. The highest BCUT2D eigenvalue weighted by Gasteiger charge is 2.07. The van der Waals surface area contributed by atoms with Gasteiger partial charge < -0.3 is 11.1 Å². The molecule has 0 heterocycles. The fourth-order valence-corrected chi connectivity index (χ4v) is 1.60. The van der Waals surface area contributed by atoms with Gasteiger partial charge in [0.05, 0.1) is 0 Å². The van der Waals surface area contributed by atoms with Crippen molar-refractivity contribution < 1.29 is 4.79 Å². The first-order valence-electron chi connectivity index (χ1n) is 6.88.